The average Bonchev–Trinajstić information content (AvgIpc) is 2.41. The summed E-state index contributed by atoms with van der Waals surface area (Å²) in [6.45, 7) is 1.93. The van der Waals surface area contributed by atoms with Crippen molar-refractivity contribution in [3.8, 4) is 5.75 Å². The van der Waals surface area contributed by atoms with E-state index in [9.17, 15) is 5.11 Å². The highest BCUT2D eigenvalue weighted by atomic mass is 79.9. The molecule has 0 aliphatic rings. The smallest absolute Gasteiger partial charge is 0.119 e. The standard InChI is InChI=1S/C9H7BrOS/c1-5-8(11)3-2-6-7(10)4-12-9(5)6/h2-4,11H,1H3. The predicted molar refractivity (Wildman–Crippen MR) is 55.9 cm³/mol. The van der Waals surface area contributed by atoms with Crippen LogP contribution in [0, 0.1) is 6.92 Å². The van der Waals surface area contributed by atoms with Crippen molar-refractivity contribution in [1.82, 2.24) is 0 Å². The van der Waals surface area contributed by atoms with Gasteiger partial charge in [0.2, 0.25) is 0 Å². The zero-order valence-electron chi connectivity index (χ0n) is 6.47. The Balaban J connectivity index is 2.93. The minimum Gasteiger partial charge on any atom is -0.508 e. The Labute approximate surface area is 82.8 Å². The number of hydrogen-bond acceptors (Lipinski definition) is 2. The Hall–Kier alpha value is -0.540. The number of hydrogen-bond donors (Lipinski definition) is 1. The van der Waals surface area contributed by atoms with E-state index in [2.05, 4.69) is 15.9 Å². The summed E-state index contributed by atoms with van der Waals surface area (Å²) in [5, 5.41) is 12.6. The van der Waals surface area contributed by atoms with Crippen LogP contribution in [0.1, 0.15) is 5.56 Å². The van der Waals surface area contributed by atoms with Gasteiger partial charge in [0.15, 0.2) is 0 Å². The van der Waals surface area contributed by atoms with E-state index in [-0.39, 0.29) is 0 Å². The molecule has 0 amide bonds. The summed E-state index contributed by atoms with van der Waals surface area (Å²) in [5.74, 6) is 0.372. The Morgan fingerprint density at radius 3 is 2.92 bits per heavy atom. The van der Waals surface area contributed by atoms with Crippen molar-refractivity contribution in [2.45, 2.75) is 6.92 Å². The van der Waals surface area contributed by atoms with Gasteiger partial charge in [-0.05, 0) is 35.0 Å². The van der Waals surface area contributed by atoms with Gasteiger partial charge in [-0.2, -0.15) is 0 Å². The normalized spacial score (nSPS) is 10.8. The van der Waals surface area contributed by atoms with Crippen molar-refractivity contribution < 1.29 is 5.11 Å². The minimum atomic E-state index is 0.372. The highest BCUT2D eigenvalue weighted by Crippen LogP contribution is 2.35. The molecule has 0 saturated carbocycles. The first-order valence-electron chi connectivity index (χ1n) is 3.55. The largest absolute Gasteiger partial charge is 0.508 e. The average molecular weight is 243 g/mol. The van der Waals surface area contributed by atoms with E-state index in [1.165, 1.54) is 5.39 Å². The number of phenols is 1. The molecule has 0 saturated heterocycles. The van der Waals surface area contributed by atoms with Gasteiger partial charge in [-0.25, -0.2) is 0 Å². The van der Waals surface area contributed by atoms with Crippen LogP contribution in [0.2, 0.25) is 0 Å². The molecule has 1 aromatic carbocycles. The van der Waals surface area contributed by atoms with Crippen LogP contribution in [-0.4, -0.2) is 5.11 Å². The molecule has 0 fully saturated rings. The SMILES string of the molecule is Cc1c(O)ccc2c(Br)csc12. The van der Waals surface area contributed by atoms with Crippen molar-refractivity contribution in [3.05, 3.63) is 27.5 Å². The molecular weight excluding hydrogens is 236 g/mol. The summed E-state index contributed by atoms with van der Waals surface area (Å²) in [7, 11) is 0. The van der Waals surface area contributed by atoms with E-state index >= 15 is 0 Å². The third-order valence-corrected chi connectivity index (χ3v) is 3.99. The number of benzene rings is 1. The van der Waals surface area contributed by atoms with Gasteiger partial charge in [-0.15, -0.1) is 11.3 Å². The van der Waals surface area contributed by atoms with Crippen molar-refractivity contribution >= 4 is 37.4 Å². The van der Waals surface area contributed by atoms with Crippen LogP contribution >= 0.6 is 27.3 Å². The first-order valence-corrected chi connectivity index (χ1v) is 5.22. The number of aromatic hydroxyl groups is 1. The van der Waals surface area contributed by atoms with Gasteiger partial charge >= 0.3 is 0 Å². The molecule has 0 radical (unpaired) electrons. The summed E-state index contributed by atoms with van der Waals surface area (Å²) in [6, 6.07) is 3.66. The highest BCUT2D eigenvalue weighted by Gasteiger charge is 2.06. The van der Waals surface area contributed by atoms with Crippen LogP contribution in [0.25, 0.3) is 10.1 Å². The first kappa shape index (κ1) is 8.08. The number of fused-ring (bicyclic) bond motifs is 1. The number of phenolic OH excluding ortho intramolecular Hbond substituents is 1. The molecule has 3 heteroatoms. The van der Waals surface area contributed by atoms with Crippen LogP contribution < -0.4 is 0 Å². The van der Waals surface area contributed by atoms with Crippen molar-refractivity contribution in [2.24, 2.45) is 0 Å². The van der Waals surface area contributed by atoms with Crippen LogP contribution in [-0.2, 0) is 0 Å². The summed E-state index contributed by atoms with van der Waals surface area (Å²) < 4.78 is 2.26. The lowest BCUT2D eigenvalue weighted by atomic mass is 10.2. The van der Waals surface area contributed by atoms with Crippen molar-refractivity contribution in [3.63, 3.8) is 0 Å². The molecule has 12 heavy (non-hydrogen) atoms. The lowest BCUT2D eigenvalue weighted by Gasteiger charge is -1.98. The summed E-state index contributed by atoms with van der Waals surface area (Å²) in [4.78, 5) is 0. The Bertz CT molecular complexity index is 433. The molecule has 2 rings (SSSR count). The predicted octanol–water partition coefficient (Wildman–Crippen LogP) is 3.68. The summed E-state index contributed by atoms with van der Waals surface area (Å²) in [5.41, 5.74) is 0.961. The number of rotatable bonds is 0. The number of halogens is 1. The summed E-state index contributed by atoms with van der Waals surface area (Å²) in [6.07, 6.45) is 0. The second-order valence-electron chi connectivity index (χ2n) is 2.67. The van der Waals surface area contributed by atoms with Gasteiger partial charge in [-0.1, -0.05) is 0 Å². The minimum absolute atomic E-state index is 0.372. The highest BCUT2D eigenvalue weighted by molar-refractivity contribution is 9.10. The fourth-order valence-corrected chi connectivity index (χ4v) is 2.87. The van der Waals surface area contributed by atoms with Crippen molar-refractivity contribution in [1.29, 1.82) is 0 Å². The first-order chi connectivity index (χ1) is 5.70. The maximum absolute atomic E-state index is 9.42. The van der Waals surface area contributed by atoms with Crippen molar-refractivity contribution in [2.75, 3.05) is 0 Å². The Morgan fingerprint density at radius 1 is 1.42 bits per heavy atom. The molecule has 62 valence electrons. The van der Waals surface area contributed by atoms with Gasteiger partial charge in [-0.3, -0.25) is 0 Å². The molecule has 0 aliphatic heterocycles. The second kappa shape index (κ2) is 2.75. The molecule has 0 spiro atoms. The molecule has 1 heterocycles. The second-order valence-corrected chi connectivity index (χ2v) is 4.40. The fourth-order valence-electron chi connectivity index (χ4n) is 1.20. The van der Waals surface area contributed by atoms with Crippen LogP contribution in [0.3, 0.4) is 0 Å². The molecular formula is C9H7BrOS. The molecule has 1 aromatic heterocycles. The third kappa shape index (κ3) is 1.04. The Kier molecular flexibility index (Phi) is 1.85. The van der Waals surface area contributed by atoms with Gasteiger partial charge < -0.3 is 5.11 Å². The van der Waals surface area contributed by atoms with Gasteiger partial charge in [0.05, 0.1) is 0 Å². The van der Waals surface area contributed by atoms with E-state index in [0.717, 1.165) is 14.7 Å². The Morgan fingerprint density at radius 2 is 2.17 bits per heavy atom. The fraction of sp³-hybridized carbons (Fsp3) is 0.111. The van der Waals surface area contributed by atoms with E-state index in [4.69, 9.17) is 0 Å². The van der Waals surface area contributed by atoms with Crippen LogP contribution in [0.15, 0.2) is 22.0 Å². The molecule has 0 bridgehead atoms. The van der Waals surface area contributed by atoms with Gasteiger partial charge in [0.25, 0.3) is 0 Å². The van der Waals surface area contributed by atoms with Crippen LogP contribution in [0.4, 0.5) is 0 Å². The monoisotopic (exact) mass is 242 g/mol. The lowest BCUT2D eigenvalue weighted by Crippen LogP contribution is -1.73. The molecule has 0 unspecified atom stereocenters. The maximum Gasteiger partial charge on any atom is 0.119 e. The molecule has 1 nitrogen and oxygen atoms in total. The lowest BCUT2D eigenvalue weighted by molar-refractivity contribution is 0.472. The maximum atomic E-state index is 9.42. The van der Waals surface area contributed by atoms with Crippen LogP contribution in [0.5, 0.6) is 5.75 Å². The van der Waals surface area contributed by atoms with E-state index < -0.39 is 0 Å². The third-order valence-electron chi connectivity index (χ3n) is 1.91. The summed E-state index contributed by atoms with van der Waals surface area (Å²) >= 11 is 5.10. The zero-order valence-corrected chi connectivity index (χ0v) is 8.87. The zero-order chi connectivity index (χ0) is 8.72. The van der Waals surface area contributed by atoms with E-state index in [1.807, 2.05) is 18.4 Å². The van der Waals surface area contributed by atoms with Gasteiger partial charge in [0.1, 0.15) is 5.75 Å². The number of aryl methyl sites for hydroxylation is 1. The quantitative estimate of drug-likeness (QED) is 0.748. The topological polar surface area (TPSA) is 20.2 Å². The van der Waals surface area contributed by atoms with E-state index in [0.29, 0.717) is 5.75 Å². The van der Waals surface area contributed by atoms with E-state index in [1.54, 1.807) is 17.4 Å². The molecule has 0 aliphatic carbocycles. The van der Waals surface area contributed by atoms with Gasteiger partial charge in [0, 0.05) is 25.5 Å². The molecule has 1 N–H and O–H groups in total. The molecule has 2 aromatic rings. The molecule has 0 atom stereocenters. The number of thiophene rings is 1.